The Kier molecular flexibility index (Phi) is 3.97. The number of rotatable bonds is 4. The van der Waals surface area contributed by atoms with Crippen molar-refractivity contribution in [2.24, 2.45) is 0 Å². The number of ether oxygens (including phenoxy) is 2. The van der Waals surface area contributed by atoms with Crippen molar-refractivity contribution in [2.45, 2.75) is 13.0 Å². The topological polar surface area (TPSA) is 68.7 Å². The third kappa shape index (κ3) is 2.88. The molecule has 1 aromatic heterocycles. The minimum atomic E-state index is -0.620. The van der Waals surface area contributed by atoms with Gasteiger partial charge in [0.15, 0.2) is 17.3 Å². The fourth-order valence-electron chi connectivity index (χ4n) is 2.31. The van der Waals surface area contributed by atoms with Crippen molar-refractivity contribution in [3.8, 4) is 11.5 Å². The summed E-state index contributed by atoms with van der Waals surface area (Å²) in [7, 11) is 1.59. The van der Waals surface area contributed by atoms with Gasteiger partial charge in [0, 0.05) is 18.8 Å². The third-order valence-electron chi connectivity index (χ3n) is 3.82. The smallest absolute Gasteiger partial charge is 0.272 e. The van der Waals surface area contributed by atoms with Crippen LogP contribution in [0.4, 0.5) is 0 Å². The van der Waals surface area contributed by atoms with E-state index in [0.717, 1.165) is 0 Å². The number of Topliss-reactive ketones (excluding diaryl/α,β-unsaturated/α-hetero) is 1. The highest BCUT2D eigenvalue weighted by Gasteiger charge is 2.26. The minimum Gasteiger partial charge on any atom is -0.454 e. The summed E-state index contributed by atoms with van der Waals surface area (Å²) < 4.78 is 10.5. The van der Waals surface area contributed by atoms with Crippen molar-refractivity contribution < 1.29 is 19.1 Å². The van der Waals surface area contributed by atoms with Crippen molar-refractivity contribution in [3.05, 3.63) is 53.9 Å². The molecule has 0 saturated heterocycles. The van der Waals surface area contributed by atoms with Crippen molar-refractivity contribution in [3.63, 3.8) is 0 Å². The number of ketones is 1. The number of hydrogen-bond acceptors (Lipinski definition) is 5. The number of carbonyl (C=O) groups is 2. The molecule has 0 N–H and O–H groups in total. The van der Waals surface area contributed by atoms with Crippen molar-refractivity contribution >= 4 is 11.7 Å². The van der Waals surface area contributed by atoms with Crippen LogP contribution in [0.3, 0.4) is 0 Å². The van der Waals surface area contributed by atoms with Crippen LogP contribution in [0.1, 0.15) is 27.8 Å². The molecule has 3 rings (SSSR count). The molecule has 0 spiro atoms. The highest BCUT2D eigenvalue weighted by molar-refractivity contribution is 6.03. The van der Waals surface area contributed by atoms with E-state index in [9.17, 15) is 9.59 Å². The standard InChI is InChI=1S/C17H16N2O4/c1-11(19(2)17(21)13-5-3-4-8-18-13)16(20)12-6-7-14-15(9-12)23-10-22-14/h3-9,11H,10H2,1-2H3/t11-/m1/s1. The largest absolute Gasteiger partial charge is 0.454 e. The van der Waals surface area contributed by atoms with Crippen LogP contribution in [0.25, 0.3) is 0 Å². The molecule has 0 bridgehead atoms. The monoisotopic (exact) mass is 312 g/mol. The Balaban J connectivity index is 1.78. The molecule has 0 unspecified atom stereocenters. The fraction of sp³-hybridized carbons (Fsp3) is 0.235. The molecule has 1 amide bonds. The predicted octanol–water partition coefficient (Wildman–Crippen LogP) is 2.15. The zero-order valence-electron chi connectivity index (χ0n) is 12.9. The van der Waals surface area contributed by atoms with Crippen LogP contribution in [0.15, 0.2) is 42.6 Å². The van der Waals surface area contributed by atoms with Crippen LogP contribution in [0.2, 0.25) is 0 Å². The van der Waals surface area contributed by atoms with Gasteiger partial charge in [-0.3, -0.25) is 14.6 Å². The van der Waals surface area contributed by atoms with Gasteiger partial charge in [-0.05, 0) is 37.3 Å². The molecule has 6 nitrogen and oxygen atoms in total. The summed E-state index contributed by atoms with van der Waals surface area (Å²) in [5, 5.41) is 0. The van der Waals surface area contributed by atoms with Gasteiger partial charge in [0.25, 0.3) is 5.91 Å². The molecule has 2 aromatic rings. The Morgan fingerprint density at radius 1 is 1.17 bits per heavy atom. The second-order valence-corrected chi connectivity index (χ2v) is 5.24. The first kappa shape index (κ1) is 15.0. The second kappa shape index (κ2) is 6.08. The SMILES string of the molecule is C[C@H](C(=O)c1ccc2c(c1)OCO2)N(C)C(=O)c1ccccn1. The van der Waals surface area contributed by atoms with E-state index >= 15 is 0 Å². The molecule has 1 aromatic carbocycles. The molecule has 0 fully saturated rings. The number of amides is 1. The lowest BCUT2D eigenvalue weighted by Gasteiger charge is -2.23. The van der Waals surface area contributed by atoms with E-state index in [1.807, 2.05) is 0 Å². The van der Waals surface area contributed by atoms with E-state index in [4.69, 9.17) is 9.47 Å². The molecular weight excluding hydrogens is 296 g/mol. The average molecular weight is 312 g/mol. The minimum absolute atomic E-state index is 0.153. The summed E-state index contributed by atoms with van der Waals surface area (Å²) in [6.45, 7) is 1.84. The van der Waals surface area contributed by atoms with Gasteiger partial charge in [0.05, 0.1) is 6.04 Å². The molecule has 6 heteroatoms. The summed E-state index contributed by atoms with van der Waals surface area (Å²) in [5.74, 6) is 0.691. The maximum absolute atomic E-state index is 12.6. The van der Waals surface area contributed by atoms with Crippen LogP contribution in [0.5, 0.6) is 11.5 Å². The average Bonchev–Trinajstić information content (AvgIpc) is 3.07. The Labute approximate surface area is 133 Å². The van der Waals surface area contributed by atoms with Crippen LogP contribution < -0.4 is 9.47 Å². The molecule has 0 aliphatic carbocycles. The lowest BCUT2D eigenvalue weighted by atomic mass is 10.0. The van der Waals surface area contributed by atoms with E-state index in [-0.39, 0.29) is 18.5 Å². The Morgan fingerprint density at radius 2 is 1.96 bits per heavy atom. The normalized spacial score (nSPS) is 13.5. The Hall–Kier alpha value is -2.89. The third-order valence-corrected chi connectivity index (χ3v) is 3.82. The number of nitrogens with zero attached hydrogens (tertiary/aromatic N) is 2. The zero-order chi connectivity index (χ0) is 16.4. The first-order valence-electron chi connectivity index (χ1n) is 7.20. The number of aromatic nitrogens is 1. The van der Waals surface area contributed by atoms with E-state index in [1.54, 1.807) is 56.6 Å². The molecule has 23 heavy (non-hydrogen) atoms. The number of benzene rings is 1. The van der Waals surface area contributed by atoms with Gasteiger partial charge < -0.3 is 14.4 Å². The number of likely N-dealkylation sites (N-methyl/N-ethyl adjacent to an activating group) is 1. The maximum Gasteiger partial charge on any atom is 0.272 e. The van der Waals surface area contributed by atoms with Crippen molar-refractivity contribution in [1.82, 2.24) is 9.88 Å². The van der Waals surface area contributed by atoms with Gasteiger partial charge in [-0.15, -0.1) is 0 Å². The van der Waals surface area contributed by atoms with E-state index in [2.05, 4.69) is 4.98 Å². The molecule has 2 heterocycles. The van der Waals surface area contributed by atoms with Crippen molar-refractivity contribution in [2.75, 3.05) is 13.8 Å². The van der Waals surface area contributed by atoms with E-state index in [0.29, 0.717) is 22.8 Å². The molecule has 0 radical (unpaired) electrons. The Morgan fingerprint density at radius 3 is 2.70 bits per heavy atom. The fourth-order valence-corrected chi connectivity index (χ4v) is 2.31. The lowest BCUT2D eigenvalue weighted by Crippen LogP contribution is -2.40. The molecular formula is C17H16N2O4. The van der Waals surface area contributed by atoms with Gasteiger partial charge >= 0.3 is 0 Å². The van der Waals surface area contributed by atoms with Crippen LogP contribution in [-0.4, -0.2) is 41.5 Å². The first-order chi connectivity index (χ1) is 11.1. The summed E-state index contributed by atoms with van der Waals surface area (Å²) in [4.78, 5) is 30.4. The van der Waals surface area contributed by atoms with Gasteiger partial charge in [-0.1, -0.05) is 6.07 Å². The zero-order valence-corrected chi connectivity index (χ0v) is 12.9. The summed E-state index contributed by atoms with van der Waals surface area (Å²) in [5.41, 5.74) is 0.780. The molecule has 1 atom stereocenters. The van der Waals surface area contributed by atoms with Crippen molar-refractivity contribution in [1.29, 1.82) is 0 Å². The second-order valence-electron chi connectivity index (χ2n) is 5.24. The maximum atomic E-state index is 12.6. The van der Waals surface area contributed by atoms with Gasteiger partial charge in [-0.2, -0.15) is 0 Å². The quantitative estimate of drug-likeness (QED) is 0.809. The first-order valence-corrected chi connectivity index (χ1v) is 7.20. The number of hydrogen-bond donors (Lipinski definition) is 0. The molecule has 118 valence electrons. The number of carbonyl (C=O) groups excluding carboxylic acids is 2. The van der Waals surface area contributed by atoms with Crippen LogP contribution in [-0.2, 0) is 0 Å². The van der Waals surface area contributed by atoms with Gasteiger partial charge in [0.2, 0.25) is 6.79 Å². The predicted molar refractivity (Wildman–Crippen MR) is 82.7 cm³/mol. The van der Waals surface area contributed by atoms with Gasteiger partial charge in [0.1, 0.15) is 5.69 Å². The summed E-state index contributed by atoms with van der Waals surface area (Å²) >= 11 is 0. The summed E-state index contributed by atoms with van der Waals surface area (Å²) in [6, 6.07) is 9.48. The molecule has 1 aliphatic heterocycles. The highest BCUT2D eigenvalue weighted by atomic mass is 16.7. The van der Waals surface area contributed by atoms with E-state index < -0.39 is 6.04 Å². The van der Waals surface area contributed by atoms with Gasteiger partial charge in [-0.25, -0.2) is 0 Å². The molecule has 0 saturated carbocycles. The lowest BCUT2D eigenvalue weighted by molar-refractivity contribution is 0.0670. The summed E-state index contributed by atoms with van der Waals surface area (Å²) in [6.07, 6.45) is 1.55. The highest BCUT2D eigenvalue weighted by Crippen LogP contribution is 2.33. The van der Waals surface area contributed by atoms with Crippen LogP contribution >= 0.6 is 0 Å². The van der Waals surface area contributed by atoms with Crippen LogP contribution in [0, 0.1) is 0 Å². The molecule has 1 aliphatic rings. The Bertz CT molecular complexity index is 746. The van der Waals surface area contributed by atoms with E-state index in [1.165, 1.54) is 4.90 Å². The number of pyridine rings is 1. The number of fused-ring (bicyclic) bond motifs is 1.